The van der Waals surface area contributed by atoms with E-state index in [4.69, 9.17) is 10.7 Å². The molecule has 3 N–H and O–H groups in total. The minimum Gasteiger partial charge on any atom is -0.366 e. The number of aromatic nitrogens is 4. The molecule has 0 saturated heterocycles. The van der Waals surface area contributed by atoms with Crippen molar-refractivity contribution in [2.24, 2.45) is 17.6 Å². The van der Waals surface area contributed by atoms with Crippen LogP contribution in [0.3, 0.4) is 0 Å². The van der Waals surface area contributed by atoms with Gasteiger partial charge in [-0.2, -0.15) is 22.6 Å². The molecule has 2 aliphatic rings. The Labute approximate surface area is 230 Å². The third-order valence-electron chi connectivity index (χ3n) is 7.73. The molecule has 2 amide bonds. The van der Waals surface area contributed by atoms with Crippen molar-refractivity contribution in [3.8, 4) is 0 Å². The zero-order valence-electron chi connectivity index (χ0n) is 21.7. The first-order valence-electron chi connectivity index (χ1n) is 13.2. The van der Waals surface area contributed by atoms with Crippen LogP contribution in [0.15, 0.2) is 18.5 Å². The third-order valence-corrected chi connectivity index (χ3v) is 8.75. The molecule has 40 heavy (non-hydrogen) atoms. The molecule has 2 atom stereocenters. The predicted octanol–water partition coefficient (Wildman–Crippen LogP) is 5.46. The molecule has 2 fully saturated rings. The summed E-state index contributed by atoms with van der Waals surface area (Å²) in [4.78, 5) is 29.9. The van der Waals surface area contributed by atoms with Crippen molar-refractivity contribution >= 4 is 29.0 Å². The molecular weight excluding hydrogens is 555 g/mol. The SMILES string of the molecule is Cc1nsc([C@H](c2cn3ncc([C@H](NC(=O)CCC(F)(F)F)C4CC4)cc3n2)C2CCC(F)(F)CC2)c1C(N)=O. The molecule has 0 radical (unpaired) electrons. The zero-order chi connectivity index (χ0) is 28.8. The number of nitrogens with two attached hydrogens (primary N) is 1. The number of hydrogen-bond donors (Lipinski definition) is 2. The molecule has 0 spiro atoms. The Morgan fingerprint density at radius 3 is 2.52 bits per heavy atom. The Morgan fingerprint density at radius 1 is 1.20 bits per heavy atom. The highest BCUT2D eigenvalue weighted by atomic mass is 32.1. The quantitative estimate of drug-likeness (QED) is 0.324. The van der Waals surface area contributed by atoms with Gasteiger partial charge in [0.05, 0.1) is 41.8 Å². The summed E-state index contributed by atoms with van der Waals surface area (Å²) >= 11 is 1.11. The minimum absolute atomic E-state index is 0.0865. The molecule has 216 valence electrons. The van der Waals surface area contributed by atoms with Crippen LogP contribution in [-0.2, 0) is 4.79 Å². The van der Waals surface area contributed by atoms with Gasteiger partial charge >= 0.3 is 6.18 Å². The molecule has 5 rings (SSSR count). The summed E-state index contributed by atoms with van der Waals surface area (Å²) in [5.74, 6) is -4.72. The standard InChI is InChI=1S/C26H29F5N6O2S/c1-13-20(24(32)39)23(40-36-13)21(14-4-7-25(27,28)8-5-14)17-12-37-18(34-17)10-16(11-33-37)22(15-2-3-15)35-19(38)6-9-26(29,30)31/h10-12,14-15,21-22H,2-9H2,1H3,(H2,32,39)(H,35,38)/t21-,22+/m0/s1. The van der Waals surface area contributed by atoms with Gasteiger partial charge in [0.2, 0.25) is 11.8 Å². The Hall–Kier alpha value is -3.16. The van der Waals surface area contributed by atoms with Crippen LogP contribution in [0, 0.1) is 18.8 Å². The van der Waals surface area contributed by atoms with E-state index in [1.807, 2.05) is 0 Å². The number of carbonyl (C=O) groups excluding carboxylic acids is 2. The summed E-state index contributed by atoms with van der Waals surface area (Å²) in [6, 6.07) is 1.23. The van der Waals surface area contributed by atoms with Gasteiger partial charge in [0.15, 0.2) is 5.65 Å². The van der Waals surface area contributed by atoms with Crippen LogP contribution in [0.2, 0.25) is 0 Å². The van der Waals surface area contributed by atoms with Crippen molar-refractivity contribution in [3.05, 3.63) is 45.9 Å². The first-order valence-corrected chi connectivity index (χ1v) is 13.9. The van der Waals surface area contributed by atoms with Gasteiger partial charge in [-0.25, -0.2) is 18.3 Å². The van der Waals surface area contributed by atoms with Crippen LogP contribution in [0.5, 0.6) is 0 Å². The monoisotopic (exact) mass is 584 g/mol. The molecule has 0 bridgehead atoms. The second-order valence-electron chi connectivity index (χ2n) is 10.8. The lowest BCUT2D eigenvalue weighted by Crippen LogP contribution is -2.30. The fourth-order valence-electron chi connectivity index (χ4n) is 5.52. The van der Waals surface area contributed by atoms with Gasteiger partial charge in [0.1, 0.15) is 0 Å². The van der Waals surface area contributed by atoms with Gasteiger partial charge in [-0.15, -0.1) is 0 Å². The summed E-state index contributed by atoms with van der Waals surface area (Å²) in [7, 11) is 0. The molecule has 3 aromatic rings. The number of primary amides is 1. The van der Waals surface area contributed by atoms with Crippen LogP contribution in [0.25, 0.3) is 5.65 Å². The molecule has 14 heteroatoms. The number of nitrogens with one attached hydrogen (secondary N) is 1. The van der Waals surface area contributed by atoms with E-state index in [2.05, 4.69) is 14.8 Å². The number of aryl methyl sites for hydroxylation is 1. The van der Waals surface area contributed by atoms with Crippen LogP contribution in [-0.4, -0.2) is 42.9 Å². The van der Waals surface area contributed by atoms with Gasteiger partial charge in [0, 0.05) is 30.1 Å². The van der Waals surface area contributed by atoms with Crippen molar-refractivity contribution in [2.45, 2.75) is 82.3 Å². The summed E-state index contributed by atoms with van der Waals surface area (Å²) in [6.07, 6.45) is -1.49. The molecule has 3 aromatic heterocycles. The number of alkyl halides is 5. The molecule has 0 unspecified atom stereocenters. The van der Waals surface area contributed by atoms with Gasteiger partial charge in [-0.1, -0.05) is 0 Å². The smallest absolute Gasteiger partial charge is 0.366 e. The van der Waals surface area contributed by atoms with Crippen LogP contribution < -0.4 is 11.1 Å². The fraction of sp³-hybridized carbons (Fsp3) is 0.577. The van der Waals surface area contributed by atoms with E-state index in [9.17, 15) is 31.5 Å². The Kier molecular flexibility index (Phi) is 7.57. The van der Waals surface area contributed by atoms with E-state index in [-0.39, 0.29) is 43.1 Å². The van der Waals surface area contributed by atoms with Gasteiger partial charge in [-0.3, -0.25) is 9.59 Å². The average molecular weight is 585 g/mol. The van der Waals surface area contributed by atoms with E-state index in [0.29, 0.717) is 27.5 Å². The van der Waals surface area contributed by atoms with E-state index < -0.39 is 48.7 Å². The van der Waals surface area contributed by atoms with E-state index in [0.717, 1.165) is 24.4 Å². The minimum atomic E-state index is -4.42. The van der Waals surface area contributed by atoms with Crippen molar-refractivity contribution in [3.63, 3.8) is 0 Å². The highest BCUT2D eigenvalue weighted by Crippen LogP contribution is 2.47. The van der Waals surface area contributed by atoms with E-state index in [1.165, 1.54) is 4.52 Å². The largest absolute Gasteiger partial charge is 0.389 e. The zero-order valence-corrected chi connectivity index (χ0v) is 22.5. The number of imidazole rings is 1. The lowest BCUT2D eigenvalue weighted by atomic mass is 9.76. The maximum Gasteiger partial charge on any atom is 0.389 e. The Morgan fingerprint density at radius 2 is 1.90 bits per heavy atom. The summed E-state index contributed by atoms with van der Waals surface area (Å²) < 4.78 is 71.6. The molecule has 8 nitrogen and oxygen atoms in total. The predicted molar refractivity (Wildman–Crippen MR) is 136 cm³/mol. The van der Waals surface area contributed by atoms with E-state index >= 15 is 0 Å². The van der Waals surface area contributed by atoms with Crippen LogP contribution in [0.4, 0.5) is 22.0 Å². The normalized spacial score (nSPS) is 19.4. The highest BCUT2D eigenvalue weighted by Gasteiger charge is 2.41. The Bertz CT molecular complexity index is 1410. The molecule has 3 heterocycles. The number of carbonyl (C=O) groups is 2. The van der Waals surface area contributed by atoms with Crippen LogP contribution >= 0.6 is 11.5 Å². The number of nitrogens with zero attached hydrogens (tertiary/aromatic N) is 4. The van der Waals surface area contributed by atoms with E-state index in [1.54, 1.807) is 25.4 Å². The summed E-state index contributed by atoms with van der Waals surface area (Å²) in [5, 5.41) is 7.16. The topological polar surface area (TPSA) is 115 Å². The maximum atomic E-state index is 14.0. The fourth-order valence-corrected chi connectivity index (χ4v) is 6.61. The van der Waals surface area contributed by atoms with Crippen molar-refractivity contribution in [2.75, 3.05) is 0 Å². The van der Waals surface area contributed by atoms with Crippen molar-refractivity contribution in [1.29, 1.82) is 0 Å². The molecule has 2 aliphatic carbocycles. The number of hydrogen-bond acceptors (Lipinski definition) is 6. The first kappa shape index (κ1) is 28.4. The maximum absolute atomic E-state index is 14.0. The molecule has 0 aliphatic heterocycles. The number of amides is 2. The van der Waals surface area contributed by atoms with Gasteiger partial charge in [-0.05, 0) is 67.6 Å². The molecule has 2 saturated carbocycles. The van der Waals surface area contributed by atoms with Crippen LogP contribution in [0.1, 0.15) is 95.5 Å². The summed E-state index contributed by atoms with van der Waals surface area (Å²) in [6.45, 7) is 1.67. The number of rotatable bonds is 9. The lowest BCUT2D eigenvalue weighted by Gasteiger charge is -2.32. The van der Waals surface area contributed by atoms with Crippen molar-refractivity contribution < 1.29 is 31.5 Å². The molecule has 0 aromatic carbocycles. The average Bonchev–Trinajstić information content (AvgIpc) is 3.51. The second kappa shape index (κ2) is 10.7. The number of fused-ring (bicyclic) bond motifs is 1. The second-order valence-corrected chi connectivity index (χ2v) is 11.6. The van der Waals surface area contributed by atoms with Gasteiger partial charge in [0.25, 0.3) is 5.91 Å². The lowest BCUT2D eigenvalue weighted by molar-refractivity contribution is -0.144. The first-order chi connectivity index (χ1) is 18.8. The third kappa shape index (κ3) is 6.26. The highest BCUT2D eigenvalue weighted by molar-refractivity contribution is 7.06. The molecular formula is C26H29F5N6O2S. The van der Waals surface area contributed by atoms with Crippen molar-refractivity contribution in [1.82, 2.24) is 24.3 Å². The van der Waals surface area contributed by atoms with Gasteiger partial charge < -0.3 is 11.1 Å². The summed E-state index contributed by atoms with van der Waals surface area (Å²) in [5.41, 5.74) is 7.98. The number of halogens is 5. The Balaban J connectivity index is 1.47.